The van der Waals surface area contributed by atoms with E-state index in [1.807, 2.05) is 6.92 Å². The molecule has 188 valence electrons. The predicted octanol–water partition coefficient (Wildman–Crippen LogP) is 4.72. The summed E-state index contributed by atoms with van der Waals surface area (Å²) in [6, 6.07) is 15.1. The van der Waals surface area contributed by atoms with Gasteiger partial charge in [0.05, 0.1) is 24.2 Å². The smallest absolute Gasteiger partial charge is 0.243 e. The second-order valence-electron chi connectivity index (χ2n) is 7.80. The first kappa shape index (κ1) is 26.9. The molecule has 10 heteroatoms. The topological polar surface area (TPSA) is 80.1 Å². The summed E-state index contributed by atoms with van der Waals surface area (Å²) in [5.41, 5.74) is 0.703. The molecule has 35 heavy (non-hydrogen) atoms. The zero-order chi connectivity index (χ0) is 25.3. The van der Waals surface area contributed by atoms with Crippen LogP contribution in [-0.4, -0.2) is 49.8 Å². The highest BCUT2D eigenvalue weighted by atomic mass is 35.5. The standard InChI is InChI=1S/C25H28ClFN2O5S/c1-2-33-15-4-14-29(35(31,32)24-12-8-21(26)9-13-24)19-25(30)28(18-23-5-3-16-34-23)17-20-6-10-22(27)11-7-20/h3,5-13,16H,2,4,14-15,17-19H2,1H3. The number of ether oxygens (including phenoxy) is 1. The van der Waals surface area contributed by atoms with Gasteiger partial charge in [-0.3, -0.25) is 4.79 Å². The minimum atomic E-state index is -3.98. The van der Waals surface area contributed by atoms with Gasteiger partial charge in [-0.1, -0.05) is 23.7 Å². The molecule has 1 amide bonds. The van der Waals surface area contributed by atoms with Crippen LogP contribution < -0.4 is 0 Å². The first-order valence-corrected chi connectivity index (χ1v) is 13.0. The second-order valence-corrected chi connectivity index (χ2v) is 10.2. The SMILES string of the molecule is CCOCCCN(CC(=O)N(Cc1ccc(F)cc1)Cc1ccco1)S(=O)(=O)c1ccc(Cl)cc1. The van der Waals surface area contributed by atoms with Crippen LogP contribution in [0.3, 0.4) is 0 Å². The van der Waals surface area contributed by atoms with Crippen LogP contribution in [-0.2, 0) is 32.6 Å². The molecule has 2 aromatic carbocycles. The van der Waals surface area contributed by atoms with Crippen LogP contribution in [0.1, 0.15) is 24.7 Å². The fourth-order valence-electron chi connectivity index (χ4n) is 3.41. The molecule has 1 heterocycles. The largest absolute Gasteiger partial charge is 0.467 e. The van der Waals surface area contributed by atoms with Gasteiger partial charge in [0, 0.05) is 31.3 Å². The van der Waals surface area contributed by atoms with Crippen LogP contribution in [0.4, 0.5) is 4.39 Å². The van der Waals surface area contributed by atoms with Crippen molar-refractivity contribution in [1.82, 2.24) is 9.21 Å². The molecular weight excluding hydrogens is 495 g/mol. The van der Waals surface area contributed by atoms with Crippen molar-refractivity contribution in [1.29, 1.82) is 0 Å². The summed E-state index contributed by atoms with van der Waals surface area (Å²) in [5.74, 6) is -0.254. The Hall–Kier alpha value is -2.72. The Labute approximate surface area is 210 Å². The molecule has 0 N–H and O–H groups in total. The Morgan fingerprint density at radius 1 is 1.06 bits per heavy atom. The Kier molecular flexibility index (Phi) is 9.85. The van der Waals surface area contributed by atoms with Gasteiger partial charge in [0.25, 0.3) is 0 Å². The van der Waals surface area contributed by atoms with Gasteiger partial charge in [0.1, 0.15) is 11.6 Å². The van der Waals surface area contributed by atoms with E-state index in [4.69, 9.17) is 20.8 Å². The van der Waals surface area contributed by atoms with Crippen molar-refractivity contribution >= 4 is 27.5 Å². The van der Waals surface area contributed by atoms with Crippen LogP contribution in [0, 0.1) is 5.82 Å². The molecule has 0 spiro atoms. The van der Waals surface area contributed by atoms with Gasteiger partial charge in [-0.05, 0) is 67.4 Å². The van der Waals surface area contributed by atoms with Crippen LogP contribution in [0.15, 0.2) is 76.2 Å². The summed E-state index contributed by atoms with van der Waals surface area (Å²) >= 11 is 5.92. The number of carbonyl (C=O) groups excluding carboxylic acids is 1. The van der Waals surface area contributed by atoms with E-state index in [2.05, 4.69) is 0 Å². The Morgan fingerprint density at radius 3 is 2.40 bits per heavy atom. The van der Waals surface area contributed by atoms with Crippen molar-refractivity contribution in [2.24, 2.45) is 0 Å². The van der Waals surface area contributed by atoms with Gasteiger partial charge in [0.15, 0.2) is 0 Å². The van der Waals surface area contributed by atoms with E-state index >= 15 is 0 Å². The highest BCUT2D eigenvalue weighted by Gasteiger charge is 2.28. The summed E-state index contributed by atoms with van der Waals surface area (Å²) in [4.78, 5) is 15.0. The van der Waals surface area contributed by atoms with Gasteiger partial charge in [0.2, 0.25) is 15.9 Å². The summed E-state index contributed by atoms with van der Waals surface area (Å²) in [6.45, 7) is 2.75. The highest BCUT2D eigenvalue weighted by Crippen LogP contribution is 2.20. The summed E-state index contributed by atoms with van der Waals surface area (Å²) in [6.07, 6.45) is 1.92. The Morgan fingerprint density at radius 2 is 1.77 bits per heavy atom. The number of amides is 1. The average Bonchev–Trinajstić information content (AvgIpc) is 3.35. The fourth-order valence-corrected chi connectivity index (χ4v) is 4.97. The van der Waals surface area contributed by atoms with E-state index in [9.17, 15) is 17.6 Å². The highest BCUT2D eigenvalue weighted by molar-refractivity contribution is 7.89. The molecule has 0 saturated carbocycles. The molecule has 0 aliphatic heterocycles. The maximum atomic E-state index is 13.4. The van der Waals surface area contributed by atoms with E-state index in [1.54, 1.807) is 24.3 Å². The van der Waals surface area contributed by atoms with Crippen LogP contribution >= 0.6 is 11.6 Å². The van der Waals surface area contributed by atoms with Crippen molar-refractivity contribution in [3.05, 3.63) is 89.1 Å². The lowest BCUT2D eigenvalue weighted by Gasteiger charge is -2.27. The molecular formula is C25H28ClFN2O5S. The third-order valence-electron chi connectivity index (χ3n) is 5.23. The molecule has 0 bridgehead atoms. The third kappa shape index (κ3) is 7.90. The molecule has 0 radical (unpaired) electrons. The van der Waals surface area contributed by atoms with E-state index in [1.165, 1.54) is 47.6 Å². The lowest BCUT2D eigenvalue weighted by Crippen LogP contribution is -2.43. The van der Waals surface area contributed by atoms with Crippen LogP contribution in [0.25, 0.3) is 0 Å². The number of nitrogens with zero attached hydrogens (tertiary/aromatic N) is 2. The van der Waals surface area contributed by atoms with E-state index in [0.717, 1.165) is 4.31 Å². The minimum Gasteiger partial charge on any atom is -0.467 e. The van der Waals surface area contributed by atoms with Gasteiger partial charge < -0.3 is 14.1 Å². The van der Waals surface area contributed by atoms with Crippen LogP contribution in [0.2, 0.25) is 5.02 Å². The molecule has 7 nitrogen and oxygen atoms in total. The zero-order valence-corrected chi connectivity index (χ0v) is 21.0. The van der Waals surface area contributed by atoms with Gasteiger partial charge in [-0.25, -0.2) is 12.8 Å². The lowest BCUT2D eigenvalue weighted by atomic mass is 10.2. The molecule has 0 aliphatic rings. The van der Waals surface area contributed by atoms with Gasteiger partial charge in [-0.15, -0.1) is 0 Å². The second kappa shape index (κ2) is 12.8. The number of sulfonamides is 1. The fraction of sp³-hybridized carbons (Fsp3) is 0.320. The quantitative estimate of drug-likeness (QED) is 0.303. The van der Waals surface area contributed by atoms with E-state index in [-0.39, 0.29) is 36.9 Å². The number of halogens is 2. The number of rotatable bonds is 13. The van der Waals surface area contributed by atoms with E-state index < -0.39 is 15.9 Å². The van der Waals surface area contributed by atoms with Crippen molar-refractivity contribution in [3.63, 3.8) is 0 Å². The van der Waals surface area contributed by atoms with Crippen molar-refractivity contribution in [2.45, 2.75) is 31.3 Å². The van der Waals surface area contributed by atoms with Crippen molar-refractivity contribution < 1.29 is 26.8 Å². The molecule has 0 saturated heterocycles. The molecule has 0 fully saturated rings. The monoisotopic (exact) mass is 522 g/mol. The molecule has 0 atom stereocenters. The number of carbonyl (C=O) groups is 1. The lowest BCUT2D eigenvalue weighted by molar-refractivity contribution is -0.133. The van der Waals surface area contributed by atoms with Crippen molar-refractivity contribution in [3.8, 4) is 0 Å². The Bertz CT molecular complexity index is 1170. The average molecular weight is 523 g/mol. The maximum Gasteiger partial charge on any atom is 0.243 e. The van der Waals surface area contributed by atoms with Gasteiger partial charge in [-0.2, -0.15) is 4.31 Å². The summed E-state index contributed by atoms with van der Waals surface area (Å²) in [5, 5.41) is 0.409. The third-order valence-corrected chi connectivity index (χ3v) is 7.34. The summed E-state index contributed by atoms with van der Waals surface area (Å²) < 4.78 is 52.0. The number of hydrogen-bond acceptors (Lipinski definition) is 5. The van der Waals surface area contributed by atoms with Crippen molar-refractivity contribution in [2.75, 3.05) is 26.3 Å². The molecule has 0 aliphatic carbocycles. The number of benzene rings is 2. The molecule has 3 aromatic rings. The first-order valence-electron chi connectivity index (χ1n) is 11.2. The van der Waals surface area contributed by atoms with Gasteiger partial charge >= 0.3 is 0 Å². The zero-order valence-electron chi connectivity index (χ0n) is 19.4. The minimum absolute atomic E-state index is 0.0437. The maximum absolute atomic E-state index is 13.4. The molecule has 0 unspecified atom stereocenters. The van der Waals surface area contributed by atoms with Crippen LogP contribution in [0.5, 0.6) is 0 Å². The molecule has 3 rings (SSSR count). The number of furan rings is 1. The first-order chi connectivity index (χ1) is 16.8. The normalized spacial score (nSPS) is 11.7. The number of hydrogen-bond donors (Lipinski definition) is 0. The molecule has 1 aromatic heterocycles. The predicted molar refractivity (Wildman–Crippen MR) is 131 cm³/mol. The summed E-state index contributed by atoms with van der Waals surface area (Å²) in [7, 11) is -3.98. The Balaban J connectivity index is 1.84. The van der Waals surface area contributed by atoms with E-state index in [0.29, 0.717) is 36.0 Å².